The molecular formula is C49H39N8O5+3. The lowest BCUT2D eigenvalue weighted by Gasteiger charge is -2.15. The fourth-order valence-electron chi connectivity index (χ4n) is 6.93. The molecule has 3 aliphatic rings. The number of aromatic nitrogens is 2. The van der Waals surface area contributed by atoms with Gasteiger partial charge in [-0.15, -0.1) is 0 Å². The molecule has 0 radical (unpaired) electrons. The van der Waals surface area contributed by atoms with Crippen molar-refractivity contribution in [2.45, 2.75) is 13.8 Å². The highest BCUT2D eigenvalue weighted by Crippen LogP contribution is 2.39. The van der Waals surface area contributed by atoms with E-state index in [1.807, 2.05) is 149 Å². The number of carbonyl (C=O) groups excluding carboxylic acids is 2. The number of rotatable bonds is 5. The van der Waals surface area contributed by atoms with Gasteiger partial charge in [0.1, 0.15) is 0 Å². The normalized spacial score (nSPS) is 13.3. The SMILES string of the molecule is CC(=O)c1cc2c(c(C(C)=O)c1)OC[N+](c1ccccc1)=N2.c1ccc([N+]2=Nc3cc4cccnc4cc3OC2)cc1.c1ccc([N+]2=Nc3cc4ncccc4cc3OC2)cc1. The monoisotopic (exact) mass is 819 g/mol. The highest BCUT2D eigenvalue weighted by Gasteiger charge is 2.27. The molecule has 0 spiro atoms. The van der Waals surface area contributed by atoms with Gasteiger partial charge in [0.2, 0.25) is 17.1 Å². The summed E-state index contributed by atoms with van der Waals surface area (Å²) in [4.78, 5) is 32.1. The Morgan fingerprint density at radius 1 is 0.468 bits per heavy atom. The summed E-state index contributed by atoms with van der Waals surface area (Å²) in [5, 5.41) is 15.9. The number of hydrogen-bond donors (Lipinski definition) is 0. The van der Waals surface area contributed by atoms with Crippen molar-refractivity contribution in [3.8, 4) is 17.2 Å². The van der Waals surface area contributed by atoms with Crippen molar-refractivity contribution in [2.75, 3.05) is 20.2 Å². The third-order valence-corrected chi connectivity index (χ3v) is 10.1. The van der Waals surface area contributed by atoms with Crippen LogP contribution in [0, 0.1) is 0 Å². The van der Waals surface area contributed by atoms with E-state index in [2.05, 4.69) is 25.3 Å². The van der Waals surface area contributed by atoms with E-state index in [1.165, 1.54) is 13.8 Å². The molecule has 0 unspecified atom stereocenters. The zero-order valence-electron chi connectivity index (χ0n) is 33.8. The Balaban J connectivity index is 0.000000119. The van der Waals surface area contributed by atoms with E-state index in [4.69, 9.17) is 14.2 Å². The summed E-state index contributed by atoms with van der Waals surface area (Å²) in [7, 11) is 0. The first kappa shape index (κ1) is 39.2. The quantitative estimate of drug-likeness (QED) is 0.125. The van der Waals surface area contributed by atoms with Crippen molar-refractivity contribution in [2.24, 2.45) is 15.3 Å². The van der Waals surface area contributed by atoms with Crippen LogP contribution in [0.4, 0.5) is 34.1 Å². The molecule has 5 heterocycles. The summed E-state index contributed by atoms with van der Waals surface area (Å²) in [5.41, 5.74) is 7.74. The number of carbonyl (C=O) groups is 2. The molecule has 302 valence electrons. The van der Waals surface area contributed by atoms with Crippen LogP contribution in [0.1, 0.15) is 34.6 Å². The van der Waals surface area contributed by atoms with Gasteiger partial charge >= 0.3 is 20.2 Å². The summed E-state index contributed by atoms with van der Waals surface area (Å²) in [6.45, 7) is 3.96. The first-order valence-corrected chi connectivity index (χ1v) is 19.8. The second-order valence-corrected chi connectivity index (χ2v) is 14.3. The fourth-order valence-corrected chi connectivity index (χ4v) is 6.93. The zero-order valence-corrected chi connectivity index (χ0v) is 33.8. The van der Waals surface area contributed by atoms with Crippen LogP contribution in [0.3, 0.4) is 0 Å². The third-order valence-electron chi connectivity index (χ3n) is 10.1. The van der Waals surface area contributed by atoms with E-state index in [0.29, 0.717) is 36.0 Å². The Morgan fingerprint density at radius 3 is 1.47 bits per heavy atom. The lowest BCUT2D eigenvalue weighted by molar-refractivity contribution is -0.544. The molecule has 0 fully saturated rings. The maximum atomic E-state index is 11.8. The van der Waals surface area contributed by atoms with Gasteiger partial charge in [0, 0.05) is 86.5 Å². The first-order chi connectivity index (χ1) is 30.4. The van der Waals surface area contributed by atoms with Gasteiger partial charge < -0.3 is 14.2 Å². The highest BCUT2D eigenvalue weighted by molar-refractivity contribution is 6.03. The number of hydrogen-bond acceptors (Lipinski definition) is 10. The molecule has 6 aromatic carbocycles. The maximum Gasteiger partial charge on any atom is 0.317 e. The molecule has 0 bridgehead atoms. The van der Waals surface area contributed by atoms with Gasteiger partial charge in [-0.3, -0.25) is 19.6 Å². The van der Waals surface area contributed by atoms with Crippen LogP contribution >= 0.6 is 0 Å². The number of fused-ring (bicyclic) bond motifs is 5. The van der Waals surface area contributed by atoms with E-state index in [1.54, 1.807) is 29.2 Å². The summed E-state index contributed by atoms with van der Waals surface area (Å²) in [6, 6.07) is 48.6. The number of ether oxygens (including phenoxy) is 3. The minimum atomic E-state index is -0.150. The number of pyridine rings is 2. The van der Waals surface area contributed by atoms with Crippen LogP contribution in [0.15, 0.2) is 179 Å². The Bertz CT molecular complexity index is 2940. The van der Waals surface area contributed by atoms with Crippen molar-refractivity contribution >= 4 is 67.5 Å². The van der Waals surface area contributed by atoms with Gasteiger partial charge in [-0.2, -0.15) is 0 Å². The van der Waals surface area contributed by atoms with Crippen LogP contribution in [0.5, 0.6) is 17.2 Å². The van der Waals surface area contributed by atoms with Crippen LogP contribution in [-0.2, 0) is 0 Å². The predicted molar refractivity (Wildman–Crippen MR) is 232 cm³/mol. The van der Waals surface area contributed by atoms with Crippen molar-refractivity contribution in [1.29, 1.82) is 0 Å². The molecule has 0 saturated carbocycles. The molecule has 2 aromatic heterocycles. The molecule has 62 heavy (non-hydrogen) atoms. The predicted octanol–water partition coefficient (Wildman–Crippen LogP) is 11.9. The molecule has 11 rings (SSSR count). The molecule has 0 amide bonds. The third kappa shape index (κ3) is 8.54. The van der Waals surface area contributed by atoms with Crippen molar-refractivity contribution in [3.63, 3.8) is 0 Å². The largest absolute Gasteiger partial charge is 0.431 e. The topological polar surface area (TPSA) is 134 Å². The van der Waals surface area contributed by atoms with Crippen LogP contribution < -0.4 is 14.2 Å². The van der Waals surface area contributed by atoms with Crippen molar-refractivity contribution in [1.82, 2.24) is 9.97 Å². The van der Waals surface area contributed by atoms with Gasteiger partial charge in [-0.05, 0) is 70.4 Å². The number of azo groups is 6. The minimum absolute atomic E-state index is 0.114. The number of Topliss-reactive ketones (excluding diaryl/α,β-unsaturated/α-hetero) is 2. The molecule has 13 nitrogen and oxygen atoms in total. The standard InChI is InChI=1S/C17H15N2O3.2C16H12N3O/c1-11(20)13-8-15(12(2)21)17-16(9-13)18-19(10-22-17)14-6-4-3-5-7-14;1-2-6-13(7-3-1)19-11-20-16-9-12-5-4-8-17-14(12)10-15(16)18-19;1-2-6-13(7-3-1)19-11-20-16-10-14-12(5-4-8-17-14)9-15(16)18-19/h3-9H,10H2,1-2H3;2*1-10H,11H2/q3*+1. The first-order valence-electron chi connectivity index (χ1n) is 19.8. The second kappa shape index (κ2) is 17.5. The lowest BCUT2D eigenvalue weighted by atomic mass is 10.0. The smallest absolute Gasteiger partial charge is 0.317 e. The Kier molecular flexibility index (Phi) is 11.0. The van der Waals surface area contributed by atoms with E-state index < -0.39 is 0 Å². The average Bonchev–Trinajstić information content (AvgIpc) is 3.33. The summed E-state index contributed by atoms with van der Waals surface area (Å²) in [5.74, 6) is 1.76. The minimum Gasteiger partial charge on any atom is -0.431 e. The highest BCUT2D eigenvalue weighted by atomic mass is 16.5. The van der Waals surface area contributed by atoms with Crippen molar-refractivity contribution in [3.05, 3.63) is 175 Å². The molecule has 0 N–H and O–H groups in total. The molecule has 13 heteroatoms. The Hall–Kier alpha value is -8.32. The van der Waals surface area contributed by atoms with Gasteiger partial charge in [-0.25, -0.2) is 0 Å². The van der Waals surface area contributed by atoms with Gasteiger partial charge in [0.25, 0.3) is 0 Å². The molecule has 0 atom stereocenters. The maximum absolute atomic E-state index is 11.8. The number of benzene rings is 6. The fraction of sp³-hybridized carbons (Fsp3) is 0.102. The summed E-state index contributed by atoms with van der Waals surface area (Å²) in [6.07, 6.45) is 3.57. The molecule has 0 aliphatic carbocycles. The number of para-hydroxylation sites is 3. The van der Waals surface area contributed by atoms with Gasteiger partial charge in [-0.1, -0.05) is 66.7 Å². The lowest BCUT2D eigenvalue weighted by Crippen LogP contribution is -2.17. The van der Waals surface area contributed by atoms with Gasteiger partial charge in [0.05, 0.1) is 16.6 Å². The molecule has 8 aromatic rings. The Labute approximate surface area is 356 Å². The zero-order chi connectivity index (χ0) is 42.4. The summed E-state index contributed by atoms with van der Waals surface area (Å²) >= 11 is 0. The number of ketones is 2. The van der Waals surface area contributed by atoms with Crippen LogP contribution in [0.25, 0.3) is 21.8 Å². The number of nitrogens with zero attached hydrogens (tertiary/aromatic N) is 8. The molecule has 0 saturated heterocycles. The summed E-state index contributed by atoms with van der Waals surface area (Å²) < 4.78 is 22.7. The van der Waals surface area contributed by atoms with E-state index in [-0.39, 0.29) is 18.3 Å². The van der Waals surface area contributed by atoms with Gasteiger partial charge in [0.15, 0.2) is 45.9 Å². The van der Waals surface area contributed by atoms with Crippen LogP contribution in [0.2, 0.25) is 0 Å². The molecule has 3 aliphatic heterocycles. The van der Waals surface area contributed by atoms with Crippen LogP contribution in [-0.4, -0.2) is 55.8 Å². The van der Waals surface area contributed by atoms with E-state index in [0.717, 1.165) is 61.7 Å². The molecular weight excluding hydrogens is 781 g/mol. The van der Waals surface area contributed by atoms with Crippen molar-refractivity contribution < 1.29 is 37.9 Å². The average molecular weight is 820 g/mol. The van der Waals surface area contributed by atoms with E-state index in [9.17, 15) is 9.59 Å². The Morgan fingerprint density at radius 2 is 0.935 bits per heavy atom. The second-order valence-electron chi connectivity index (χ2n) is 14.3. The van der Waals surface area contributed by atoms with E-state index >= 15 is 0 Å².